The lowest BCUT2D eigenvalue weighted by Crippen LogP contribution is -2.63. The highest BCUT2D eigenvalue weighted by Gasteiger charge is 2.42. The van der Waals surface area contributed by atoms with E-state index in [-0.39, 0.29) is 63.3 Å². The molecule has 71 heavy (non-hydrogen) atoms. The lowest BCUT2D eigenvalue weighted by atomic mass is 10.0. The third-order valence-electron chi connectivity index (χ3n) is 12.3. The van der Waals surface area contributed by atoms with Crippen LogP contribution in [-0.4, -0.2) is 146 Å². The van der Waals surface area contributed by atoms with Gasteiger partial charge in [0.25, 0.3) is 0 Å². The summed E-state index contributed by atoms with van der Waals surface area (Å²) in [5, 5.41) is 40.2. The molecule has 2 fully saturated rings. The van der Waals surface area contributed by atoms with Crippen LogP contribution in [0.1, 0.15) is 77.3 Å². The summed E-state index contributed by atoms with van der Waals surface area (Å²) in [4.78, 5) is 137. The number of para-hydroxylation sites is 1. The molecule has 0 unspecified atom stereocenters. The number of aromatic amines is 1. The normalized spacial score (nSPS) is 18.9. The maximum atomic E-state index is 14.3. The van der Waals surface area contributed by atoms with Crippen LogP contribution in [0.3, 0.4) is 0 Å². The van der Waals surface area contributed by atoms with E-state index in [9.17, 15) is 58.2 Å². The molecule has 2 aliphatic heterocycles. The molecule has 2 aromatic carbocycles. The van der Waals surface area contributed by atoms with Crippen LogP contribution in [0.4, 0.5) is 0 Å². The Kier molecular flexibility index (Phi) is 19.2. The number of H-pyrrole nitrogens is 1. The van der Waals surface area contributed by atoms with Gasteiger partial charge in [0.2, 0.25) is 59.1 Å². The summed E-state index contributed by atoms with van der Waals surface area (Å²) in [5.74, 6) is -8.40. The molecule has 0 bridgehead atoms. The topological polar surface area (TPSA) is 366 Å². The lowest BCUT2D eigenvalue weighted by molar-refractivity contribution is -0.145. The molecule has 14 N–H and O–H groups in total. The number of carbonyl (C=O) groups excluding carboxylic acids is 10. The average molecular weight is 988 g/mol. The Labute approximate surface area is 409 Å². The molecule has 3 heterocycles. The number of rotatable bonds is 24. The van der Waals surface area contributed by atoms with E-state index in [4.69, 9.17) is 11.5 Å². The summed E-state index contributed by atoms with van der Waals surface area (Å²) >= 11 is 0. The smallest absolute Gasteiger partial charge is 0.248 e. The molecule has 10 atom stereocenters. The largest absolute Gasteiger partial charge is 0.391 e. The Bertz CT molecular complexity index is 2440. The molecule has 23 heteroatoms. The maximum absolute atomic E-state index is 14.3. The van der Waals surface area contributed by atoms with Gasteiger partial charge in [-0.1, -0.05) is 62.4 Å². The molecule has 0 spiro atoms. The fourth-order valence-corrected chi connectivity index (χ4v) is 8.58. The summed E-state index contributed by atoms with van der Waals surface area (Å²) in [6, 6.07) is 4.67. The molecule has 2 aliphatic rings. The zero-order valence-electron chi connectivity index (χ0n) is 40.1. The van der Waals surface area contributed by atoms with E-state index >= 15 is 0 Å². The van der Waals surface area contributed by atoms with Crippen molar-refractivity contribution in [2.45, 2.75) is 140 Å². The van der Waals surface area contributed by atoms with Crippen LogP contribution in [0.5, 0.6) is 0 Å². The molecule has 0 saturated carbocycles. The van der Waals surface area contributed by atoms with Gasteiger partial charge in [-0.05, 0) is 62.6 Å². The van der Waals surface area contributed by atoms with E-state index in [0.717, 1.165) is 15.8 Å². The fraction of sp³-hybridized carbons (Fsp3) is 0.500. The van der Waals surface area contributed by atoms with Gasteiger partial charge in [-0.25, -0.2) is 0 Å². The van der Waals surface area contributed by atoms with Gasteiger partial charge in [-0.2, -0.15) is 0 Å². The number of fused-ring (bicyclic) bond motifs is 1. The van der Waals surface area contributed by atoms with Crippen LogP contribution in [0.15, 0.2) is 60.8 Å². The number of aliphatic hydroxyl groups is 2. The van der Waals surface area contributed by atoms with E-state index in [1.165, 1.54) is 13.8 Å². The van der Waals surface area contributed by atoms with Crippen molar-refractivity contribution in [1.82, 2.24) is 47.1 Å². The first-order chi connectivity index (χ1) is 33.6. The van der Waals surface area contributed by atoms with Gasteiger partial charge in [0.1, 0.15) is 48.3 Å². The quantitative estimate of drug-likeness (QED) is 0.0437. The molecule has 23 nitrogen and oxygen atoms in total. The second-order valence-electron chi connectivity index (χ2n) is 18.5. The first-order valence-corrected chi connectivity index (χ1v) is 23.6. The van der Waals surface area contributed by atoms with Gasteiger partial charge in [-0.15, -0.1) is 0 Å². The predicted molar refractivity (Wildman–Crippen MR) is 255 cm³/mol. The second-order valence-corrected chi connectivity index (χ2v) is 18.5. The van der Waals surface area contributed by atoms with Crippen LogP contribution in [0.25, 0.3) is 10.9 Å². The van der Waals surface area contributed by atoms with Crippen molar-refractivity contribution >= 4 is 70.0 Å². The number of benzene rings is 2. The molecular weight excluding hydrogens is 923 g/mol. The summed E-state index contributed by atoms with van der Waals surface area (Å²) < 4.78 is 0. The first kappa shape index (κ1) is 54.5. The van der Waals surface area contributed by atoms with Crippen LogP contribution >= 0.6 is 0 Å². The van der Waals surface area contributed by atoms with Gasteiger partial charge >= 0.3 is 0 Å². The minimum atomic E-state index is -1.70. The number of nitrogens with zero attached hydrogens (tertiary/aromatic N) is 1. The second kappa shape index (κ2) is 24.9. The lowest BCUT2D eigenvalue weighted by Gasteiger charge is -2.32. The van der Waals surface area contributed by atoms with E-state index in [0.29, 0.717) is 11.1 Å². The summed E-state index contributed by atoms with van der Waals surface area (Å²) in [6.07, 6.45) is -1.47. The third-order valence-corrected chi connectivity index (χ3v) is 12.3. The van der Waals surface area contributed by atoms with Crippen molar-refractivity contribution in [3.63, 3.8) is 0 Å². The van der Waals surface area contributed by atoms with Crippen molar-refractivity contribution in [3.8, 4) is 0 Å². The van der Waals surface area contributed by atoms with Crippen molar-refractivity contribution < 1.29 is 58.2 Å². The summed E-state index contributed by atoms with van der Waals surface area (Å²) in [5.41, 5.74) is 13.1. The van der Waals surface area contributed by atoms with Crippen molar-refractivity contribution in [2.24, 2.45) is 17.4 Å². The molecule has 384 valence electrons. The van der Waals surface area contributed by atoms with Crippen molar-refractivity contribution in [2.75, 3.05) is 6.54 Å². The van der Waals surface area contributed by atoms with Crippen LogP contribution in [0, 0.1) is 5.92 Å². The van der Waals surface area contributed by atoms with E-state index < -0.39 is 120 Å². The van der Waals surface area contributed by atoms with Gasteiger partial charge in [0.05, 0.1) is 18.6 Å². The molecule has 0 aliphatic carbocycles. The van der Waals surface area contributed by atoms with Gasteiger partial charge in [-0.3, -0.25) is 47.9 Å². The number of nitrogens with two attached hydrogens (primary N) is 2. The minimum absolute atomic E-state index is 0.0233. The Hall–Kier alpha value is -7.40. The number of likely N-dealkylation sites (tertiary alicyclic amines) is 1. The molecule has 1 aromatic heterocycles. The van der Waals surface area contributed by atoms with Gasteiger partial charge in [0, 0.05) is 42.9 Å². The van der Waals surface area contributed by atoms with Gasteiger partial charge in [0.15, 0.2) is 0 Å². The maximum Gasteiger partial charge on any atom is 0.248 e. The highest BCUT2D eigenvalue weighted by Crippen LogP contribution is 2.22. The number of aromatic nitrogens is 1. The Morgan fingerprint density at radius 2 is 1.30 bits per heavy atom. The molecule has 10 amide bonds. The number of hydrogen-bond donors (Lipinski definition) is 12. The summed E-state index contributed by atoms with van der Waals surface area (Å²) in [6.45, 7) is 6.05. The number of carbonyl (C=O) groups is 10. The summed E-state index contributed by atoms with van der Waals surface area (Å²) in [7, 11) is 0. The van der Waals surface area contributed by atoms with E-state index in [1.54, 1.807) is 56.4 Å². The van der Waals surface area contributed by atoms with Crippen LogP contribution < -0.4 is 48.7 Å². The molecule has 3 aromatic rings. The first-order valence-electron chi connectivity index (χ1n) is 23.6. The molecular formula is C48H65N11O12. The fourth-order valence-electron chi connectivity index (χ4n) is 8.58. The Morgan fingerprint density at radius 3 is 1.92 bits per heavy atom. The van der Waals surface area contributed by atoms with Crippen molar-refractivity contribution in [1.29, 1.82) is 0 Å². The monoisotopic (exact) mass is 987 g/mol. The van der Waals surface area contributed by atoms with Crippen LogP contribution in [0.2, 0.25) is 0 Å². The standard InChI is InChI=1S/C48H65N11O12/c1-24(2)19-33(54-42(65)31-16-17-38(63)52-31)44(67)57-39(25(3)60)47(70)56-34(20-27-11-6-5-7-12-27)45(68)58-40(26(4)61)48(71)59-18-10-15-36(59)46(69)55-35(22-37(49)62)43(66)53-32(41(50)64)21-28-23-51-30-14-9-8-13-29(28)30/h5-9,11-14,23-26,31-36,39-40,51,60-61H,10,15-22H2,1-4H3,(H2,49,62)(H2,50,64)(H,52,63)(H,53,66)(H,54,65)(H,55,69)(H,56,70)(H,57,67)(H,58,68)/t25-,26-,31+,32+,33+,34+,35+,36+,39+,40+/m1/s1. The number of aliphatic hydroxyl groups excluding tert-OH is 2. The number of hydrogen-bond acceptors (Lipinski definition) is 12. The highest BCUT2D eigenvalue weighted by atomic mass is 16.3. The number of primary amides is 2. The average Bonchev–Trinajstić information content (AvgIpc) is 4.09. The molecule has 2 saturated heterocycles. The number of amides is 10. The Balaban J connectivity index is 1.29. The SMILES string of the molecule is CC(C)C[C@H](NC(=O)[C@@H]1CCC(=O)N1)C(=O)N[C@H](C(=O)N[C@@H](Cc1ccccc1)C(=O)N[C@H](C(=O)N1CCC[C@H]1C(=O)N[C@@H](CC(N)=O)C(=O)N[C@@H](Cc1c[nH]c2ccccc12)C(N)=O)[C@@H](C)O)[C@@H](C)O. The third kappa shape index (κ3) is 15.0. The molecule has 0 radical (unpaired) electrons. The zero-order chi connectivity index (χ0) is 52.1. The van der Waals surface area contributed by atoms with E-state index in [2.05, 4.69) is 42.2 Å². The van der Waals surface area contributed by atoms with Crippen LogP contribution in [-0.2, 0) is 60.8 Å². The highest BCUT2D eigenvalue weighted by molar-refractivity contribution is 5.99. The Morgan fingerprint density at radius 1 is 0.690 bits per heavy atom. The van der Waals surface area contributed by atoms with Gasteiger partial charge < -0.3 is 68.8 Å². The zero-order valence-corrected chi connectivity index (χ0v) is 40.1. The molecule has 5 rings (SSSR count). The van der Waals surface area contributed by atoms with E-state index in [1.807, 2.05) is 18.2 Å². The van der Waals surface area contributed by atoms with Crippen molar-refractivity contribution in [3.05, 3.63) is 71.9 Å². The minimum Gasteiger partial charge on any atom is -0.391 e. The number of nitrogens with one attached hydrogen (secondary N) is 8. The predicted octanol–water partition coefficient (Wildman–Crippen LogP) is -2.70.